The summed E-state index contributed by atoms with van der Waals surface area (Å²) in [6.45, 7) is 4.72. The van der Waals surface area contributed by atoms with Crippen LogP contribution in [0.25, 0.3) is 0 Å². The first kappa shape index (κ1) is 10.5. The highest BCUT2D eigenvalue weighted by Crippen LogP contribution is 2.22. The van der Waals surface area contributed by atoms with E-state index in [0.29, 0.717) is 24.8 Å². The molecule has 3 heteroatoms. The zero-order valence-electron chi connectivity index (χ0n) is 8.66. The van der Waals surface area contributed by atoms with Crippen molar-refractivity contribution in [1.82, 2.24) is 4.90 Å². The second-order valence-corrected chi connectivity index (χ2v) is 3.96. The predicted molar refractivity (Wildman–Crippen MR) is 51.3 cm³/mol. The summed E-state index contributed by atoms with van der Waals surface area (Å²) in [7, 11) is 2.01. The number of nitrogens with zero attached hydrogens (tertiary/aromatic N) is 2. The van der Waals surface area contributed by atoms with Crippen LogP contribution in [0.5, 0.6) is 0 Å². The number of hydrogen-bond acceptors (Lipinski definition) is 3. The van der Waals surface area contributed by atoms with Gasteiger partial charge in [0.15, 0.2) is 0 Å². The lowest BCUT2D eigenvalue weighted by molar-refractivity contribution is -0.0595. The molecule has 0 aromatic carbocycles. The van der Waals surface area contributed by atoms with Crippen molar-refractivity contribution in [2.24, 2.45) is 0 Å². The SMILES string of the molecule is CC1CC(N(C)CC#N)CC(C)O1. The van der Waals surface area contributed by atoms with E-state index < -0.39 is 0 Å². The third kappa shape index (κ3) is 2.98. The van der Waals surface area contributed by atoms with Crippen LogP contribution in [0.2, 0.25) is 0 Å². The summed E-state index contributed by atoms with van der Waals surface area (Å²) >= 11 is 0. The predicted octanol–water partition coefficient (Wildman–Crippen LogP) is 1.40. The summed E-state index contributed by atoms with van der Waals surface area (Å²) < 4.78 is 5.64. The lowest BCUT2D eigenvalue weighted by Gasteiger charge is -2.36. The van der Waals surface area contributed by atoms with E-state index in [0.717, 1.165) is 12.8 Å². The van der Waals surface area contributed by atoms with Crippen molar-refractivity contribution in [2.75, 3.05) is 13.6 Å². The molecule has 1 rings (SSSR count). The van der Waals surface area contributed by atoms with Gasteiger partial charge >= 0.3 is 0 Å². The lowest BCUT2D eigenvalue weighted by Crippen LogP contribution is -2.42. The van der Waals surface area contributed by atoms with Crippen LogP contribution < -0.4 is 0 Å². The summed E-state index contributed by atoms with van der Waals surface area (Å²) in [5, 5.41) is 8.58. The first-order valence-corrected chi connectivity index (χ1v) is 4.86. The Morgan fingerprint density at radius 3 is 2.38 bits per heavy atom. The third-order valence-corrected chi connectivity index (χ3v) is 2.62. The molecular formula is C10H18N2O. The van der Waals surface area contributed by atoms with E-state index in [1.165, 1.54) is 0 Å². The Kier molecular flexibility index (Phi) is 3.71. The Morgan fingerprint density at radius 1 is 1.38 bits per heavy atom. The molecule has 3 nitrogen and oxygen atoms in total. The molecule has 1 aliphatic rings. The molecule has 0 bridgehead atoms. The zero-order chi connectivity index (χ0) is 9.84. The lowest BCUT2D eigenvalue weighted by atomic mass is 9.99. The highest BCUT2D eigenvalue weighted by molar-refractivity contribution is 4.84. The number of ether oxygens (including phenoxy) is 1. The van der Waals surface area contributed by atoms with Crippen LogP contribution in [0.1, 0.15) is 26.7 Å². The van der Waals surface area contributed by atoms with E-state index in [1.54, 1.807) is 0 Å². The molecule has 1 heterocycles. The monoisotopic (exact) mass is 182 g/mol. The molecule has 0 aromatic heterocycles. The first-order chi connectivity index (χ1) is 6.13. The van der Waals surface area contributed by atoms with Crippen LogP contribution in [0.3, 0.4) is 0 Å². The minimum absolute atomic E-state index is 0.329. The van der Waals surface area contributed by atoms with E-state index >= 15 is 0 Å². The minimum Gasteiger partial charge on any atom is -0.375 e. The van der Waals surface area contributed by atoms with Crippen LogP contribution in [-0.4, -0.2) is 36.7 Å². The fourth-order valence-corrected chi connectivity index (χ4v) is 1.97. The Hall–Kier alpha value is -0.590. The van der Waals surface area contributed by atoms with Gasteiger partial charge in [0, 0.05) is 6.04 Å². The fourth-order valence-electron chi connectivity index (χ4n) is 1.97. The molecule has 1 saturated heterocycles. The largest absolute Gasteiger partial charge is 0.375 e. The smallest absolute Gasteiger partial charge is 0.0865 e. The van der Waals surface area contributed by atoms with Crippen LogP contribution in [-0.2, 0) is 4.74 Å². The number of rotatable bonds is 2. The normalized spacial score (nSPS) is 34.5. The van der Waals surface area contributed by atoms with Crippen molar-refractivity contribution in [3.63, 3.8) is 0 Å². The molecule has 74 valence electrons. The van der Waals surface area contributed by atoms with Crippen molar-refractivity contribution < 1.29 is 4.74 Å². The van der Waals surface area contributed by atoms with Crippen molar-refractivity contribution in [3.05, 3.63) is 0 Å². The summed E-state index contributed by atoms with van der Waals surface area (Å²) in [5.41, 5.74) is 0. The van der Waals surface area contributed by atoms with E-state index in [2.05, 4.69) is 24.8 Å². The van der Waals surface area contributed by atoms with Gasteiger partial charge in [0.1, 0.15) is 0 Å². The Balaban J connectivity index is 2.45. The molecule has 13 heavy (non-hydrogen) atoms. The maximum atomic E-state index is 8.58. The highest BCUT2D eigenvalue weighted by Gasteiger charge is 2.26. The molecule has 2 unspecified atom stereocenters. The van der Waals surface area contributed by atoms with Crippen LogP contribution in [0.15, 0.2) is 0 Å². The third-order valence-electron chi connectivity index (χ3n) is 2.62. The minimum atomic E-state index is 0.329. The van der Waals surface area contributed by atoms with Gasteiger partial charge in [-0.25, -0.2) is 0 Å². The molecule has 0 saturated carbocycles. The van der Waals surface area contributed by atoms with Gasteiger partial charge in [-0.3, -0.25) is 4.90 Å². The standard InChI is InChI=1S/C10H18N2O/c1-8-6-10(7-9(2)13-8)12(3)5-4-11/h8-10H,5-7H2,1-3H3. The summed E-state index contributed by atoms with van der Waals surface area (Å²) in [6.07, 6.45) is 2.75. The molecule has 1 fully saturated rings. The number of hydrogen-bond donors (Lipinski definition) is 0. The van der Waals surface area contributed by atoms with Crippen molar-refractivity contribution in [1.29, 1.82) is 5.26 Å². The maximum absolute atomic E-state index is 8.58. The van der Waals surface area contributed by atoms with Crippen LogP contribution in [0.4, 0.5) is 0 Å². The van der Waals surface area contributed by atoms with Crippen molar-refractivity contribution in [3.8, 4) is 6.07 Å². The quantitative estimate of drug-likeness (QED) is 0.606. The van der Waals surface area contributed by atoms with Crippen LogP contribution in [0, 0.1) is 11.3 Å². The van der Waals surface area contributed by atoms with Gasteiger partial charge in [0.05, 0.1) is 24.8 Å². The molecule has 0 amide bonds. The number of nitriles is 1. The maximum Gasteiger partial charge on any atom is 0.0865 e. The van der Waals surface area contributed by atoms with Gasteiger partial charge in [-0.15, -0.1) is 0 Å². The molecular weight excluding hydrogens is 164 g/mol. The van der Waals surface area contributed by atoms with E-state index in [4.69, 9.17) is 10.00 Å². The van der Waals surface area contributed by atoms with E-state index in [-0.39, 0.29) is 0 Å². The van der Waals surface area contributed by atoms with Gasteiger partial charge in [0.2, 0.25) is 0 Å². The molecule has 0 N–H and O–H groups in total. The van der Waals surface area contributed by atoms with Gasteiger partial charge in [-0.1, -0.05) is 0 Å². The van der Waals surface area contributed by atoms with Gasteiger partial charge in [-0.05, 0) is 33.7 Å². The second-order valence-electron chi connectivity index (χ2n) is 3.96. The zero-order valence-corrected chi connectivity index (χ0v) is 8.66. The first-order valence-electron chi connectivity index (χ1n) is 4.86. The Morgan fingerprint density at radius 2 is 1.92 bits per heavy atom. The molecule has 0 aliphatic carbocycles. The van der Waals surface area contributed by atoms with Crippen molar-refractivity contribution in [2.45, 2.75) is 44.9 Å². The van der Waals surface area contributed by atoms with Crippen LogP contribution >= 0.6 is 0 Å². The van der Waals surface area contributed by atoms with Gasteiger partial charge in [-0.2, -0.15) is 5.26 Å². The summed E-state index contributed by atoms with van der Waals surface area (Å²) in [5.74, 6) is 0. The Labute approximate surface area is 80.3 Å². The van der Waals surface area contributed by atoms with Crippen molar-refractivity contribution >= 4 is 0 Å². The topological polar surface area (TPSA) is 36.3 Å². The van der Waals surface area contributed by atoms with Gasteiger partial charge < -0.3 is 4.74 Å². The highest BCUT2D eigenvalue weighted by atomic mass is 16.5. The molecule has 0 aromatic rings. The summed E-state index contributed by atoms with van der Waals surface area (Å²) in [6, 6.07) is 2.69. The van der Waals surface area contributed by atoms with Gasteiger partial charge in [0.25, 0.3) is 0 Å². The molecule has 1 aliphatic heterocycles. The molecule has 0 spiro atoms. The molecule has 0 radical (unpaired) electrons. The van der Waals surface area contributed by atoms with E-state index in [1.807, 2.05) is 7.05 Å². The van der Waals surface area contributed by atoms with E-state index in [9.17, 15) is 0 Å². The summed E-state index contributed by atoms with van der Waals surface area (Å²) in [4.78, 5) is 2.12. The molecule has 2 atom stereocenters. The fraction of sp³-hybridized carbons (Fsp3) is 0.900. The second kappa shape index (κ2) is 4.59. The average Bonchev–Trinajstić information content (AvgIpc) is 2.03. The average molecular weight is 182 g/mol. The Bertz CT molecular complexity index is 190.